The van der Waals surface area contributed by atoms with Crippen LogP contribution < -0.4 is 5.32 Å². The Morgan fingerprint density at radius 1 is 1.35 bits per heavy atom. The molecule has 0 bridgehead atoms. The number of aromatic hydroxyl groups is 1. The molecule has 0 aliphatic carbocycles. The number of carbonyl (C=O) groups is 1. The van der Waals surface area contributed by atoms with Crippen LogP contribution in [-0.2, 0) is 9.53 Å². The number of piperidine rings is 1. The molecule has 1 fully saturated rings. The van der Waals surface area contributed by atoms with Crippen LogP contribution in [0.5, 0.6) is 5.75 Å². The summed E-state index contributed by atoms with van der Waals surface area (Å²) in [5.74, 6) is 0.496. The van der Waals surface area contributed by atoms with Crippen LogP contribution in [0, 0.1) is 0 Å². The highest BCUT2D eigenvalue weighted by Crippen LogP contribution is 2.26. The van der Waals surface area contributed by atoms with Crippen LogP contribution in [-0.4, -0.2) is 30.8 Å². The van der Waals surface area contributed by atoms with Crippen molar-refractivity contribution in [2.24, 2.45) is 0 Å². The van der Waals surface area contributed by atoms with Crippen LogP contribution in [0.4, 0.5) is 0 Å². The molecule has 0 unspecified atom stereocenters. The molecule has 2 N–H and O–H groups in total. The van der Waals surface area contributed by atoms with Gasteiger partial charge in [0.15, 0.2) is 0 Å². The molecule has 0 amide bonds. The number of benzene rings is 1. The van der Waals surface area contributed by atoms with Crippen LogP contribution >= 0.6 is 0 Å². The minimum Gasteiger partial charge on any atom is -0.508 e. The summed E-state index contributed by atoms with van der Waals surface area (Å²) in [6, 6.07) is 7.08. The lowest BCUT2D eigenvalue weighted by atomic mass is 9.89. The molecule has 0 spiro atoms. The molecule has 4 nitrogen and oxygen atoms in total. The smallest absolute Gasteiger partial charge is 0.322 e. The molecule has 2 rings (SSSR count). The number of carbonyl (C=O) groups excluding carboxylic acids is 1. The van der Waals surface area contributed by atoms with Gasteiger partial charge in [-0.15, -0.1) is 0 Å². The number of methoxy groups -OCH3 is 1. The van der Waals surface area contributed by atoms with Gasteiger partial charge in [-0.3, -0.25) is 4.79 Å². The first-order valence-electron chi connectivity index (χ1n) is 5.81. The molecule has 1 heterocycles. The van der Waals surface area contributed by atoms with Crippen molar-refractivity contribution in [3.63, 3.8) is 0 Å². The third-order valence-electron chi connectivity index (χ3n) is 3.26. The lowest BCUT2D eigenvalue weighted by Gasteiger charge is -2.28. The highest BCUT2D eigenvalue weighted by molar-refractivity contribution is 5.75. The fourth-order valence-electron chi connectivity index (χ4n) is 2.23. The number of esters is 1. The number of nitrogens with one attached hydrogen (secondary N) is 1. The largest absolute Gasteiger partial charge is 0.508 e. The Morgan fingerprint density at radius 3 is 2.59 bits per heavy atom. The summed E-state index contributed by atoms with van der Waals surface area (Å²) in [6.07, 6.45) is 1.75. The van der Waals surface area contributed by atoms with E-state index in [1.807, 2.05) is 12.1 Å². The predicted octanol–water partition coefficient (Wildman–Crippen LogP) is 1.40. The Kier molecular flexibility index (Phi) is 3.64. The predicted molar refractivity (Wildman–Crippen MR) is 63.9 cm³/mol. The van der Waals surface area contributed by atoms with Gasteiger partial charge in [-0.05, 0) is 36.5 Å². The van der Waals surface area contributed by atoms with Crippen molar-refractivity contribution in [3.8, 4) is 5.75 Å². The third kappa shape index (κ3) is 2.77. The van der Waals surface area contributed by atoms with E-state index in [0.29, 0.717) is 5.92 Å². The second-order valence-corrected chi connectivity index (χ2v) is 4.35. The summed E-state index contributed by atoms with van der Waals surface area (Å²) in [7, 11) is 1.41. The molecule has 1 aliphatic heterocycles. The summed E-state index contributed by atoms with van der Waals surface area (Å²) < 4.78 is 4.71. The second kappa shape index (κ2) is 5.19. The van der Waals surface area contributed by atoms with Gasteiger partial charge in [0.05, 0.1) is 7.11 Å². The fourth-order valence-corrected chi connectivity index (χ4v) is 2.23. The van der Waals surface area contributed by atoms with Crippen molar-refractivity contribution in [1.29, 1.82) is 0 Å². The highest BCUT2D eigenvalue weighted by atomic mass is 16.5. The van der Waals surface area contributed by atoms with Crippen molar-refractivity contribution in [2.45, 2.75) is 24.8 Å². The Bertz CT molecular complexity index is 380. The monoisotopic (exact) mass is 235 g/mol. The molecule has 1 aromatic rings. The molecule has 1 aromatic carbocycles. The number of phenols is 1. The van der Waals surface area contributed by atoms with E-state index in [4.69, 9.17) is 4.74 Å². The molecule has 0 radical (unpaired) electrons. The highest BCUT2D eigenvalue weighted by Gasteiger charge is 2.26. The van der Waals surface area contributed by atoms with Crippen LogP contribution in [0.2, 0.25) is 0 Å². The average molecular weight is 235 g/mol. The van der Waals surface area contributed by atoms with Crippen molar-refractivity contribution in [3.05, 3.63) is 29.8 Å². The van der Waals surface area contributed by atoms with Crippen molar-refractivity contribution < 1.29 is 14.6 Å². The molecular formula is C13H17NO3. The molecule has 4 heteroatoms. The summed E-state index contributed by atoms with van der Waals surface area (Å²) in [4.78, 5) is 11.3. The van der Waals surface area contributed by atoms with Crippen LogP contribution in [0.3, 0.4) is 0 Å². The maximum atomic E-state index is 11.3. The van der Waals surface area contributed by atoms with Gasteiger partial charge in [0.25, 0.3) is 0 Å². The third-order valence-corrected chi connectivity index (χ3v) is 3.26. The van der Waals surface area contributed by atoms with E-state index in [2.05, 4.69) is 5.32 Å². The number of rotatable bonds is 2. The number of ether oxygens (including phenoxy) is 1. The molecule has 2 atom stereocenters. The molecule has 92 valence electrons. The van der Waals surface area contributed by atoms with Gasteiger partial charge in [-0.25, -0.2) is 0 Å². The SMILES string of the molecule is COC(=O)[C@H]1CC[C@@H](c2ccc(O)cc2)CN1. The zero-order chi connectivity index (χ0) is 12.3. The normalized spacial score (nSPS) is 24.3. The lowest BCUT2D eigenvalue weighted by molar-refractivity contribution is -0.143. The Morgan fingerprint density at radius 2 is 2.06 bits per heavy atom. The van der Waals surface area contributed by atoms with E-state index < -0.39 is 0 Å². The minimum absolute atomic E-state index is 0.173. The van der Waals surface area contributed by atoms with Crippen molar-refractivity contribution >= 4 is 5.97 Å². The summed E-state index contributed by atoms with van der Waals surface area (Å²) >= 11 is 0. The number of hydrogen-bond donors (Lipinski definition) is 2. The van der Waals surface area contributed by atoms with Gasteiger partial charge >= 0.3 is 5.97 Å². The quantitative estimate of drug-likeness (QED) is 0.761. The van der Waals surface area contributed by atoms with Crippen molar-refractivity contribution in [2.75, 3.05) is 13.7 Å². The van der Waals surface area contributed by atoms with Crippen LogP contribution in [0.1, 0.15) is 24.3 Å². The summed E-state index contributed by atoms with van der Waals surface area (Å²) in [5.41, 5.74) is 1.19. The molecule has 0 saturated carbocycles. The molecule has 1 aliphatic rings. The fraction of sp³-hybridized carbons (Fsp3) is 0.462. The average Bonchev–Trinajstić information content (AvgIpc) is 2.39. The number of phenolic OH excluding ortho intramolecular Hbond substituents is 1. The van der Waals surface area contributed by atoms with E-state index in [-0.39, 0.29) is 17.8 Å². The maximum absolute atomic E-state index is 11.3. The van der Waals surface area contributed by atoms with Gasteiger partial charge in [0, 0.05) is 6.54 Å². The second-order valence-electron chi connectivity index (χ2n) is 4.35. The zero-order valence-corrected chi connectivity index (χ0v) is 9.85. The maximum Gasteiger partial charge on any atom is 0.322 e. The first kappa shape index (κ1) is 11.9. The van der Waals surface area contributed by atoms with Gasteiger partial charge < -0.3 is 15.2 Å². The van der Waals surface area contributed by atoms with Gasteiger partial charge in [0.1, 0.15) is 11.8 Å². The molecule has 17 heavy (non-hydrogen) atoms. The van der Waals surface area contributed by atoms with E-state index in [1.54, 1.807) is 12.1 Å². The standard InChI is InChI=1S/C13H17NO3/c1-17-13(16)12-7-4-10(8-14-12)9-2-5-11(15)6-3-9/h2-3,5-6,10,12,14-15H,4,7-8H2,1H3/t10-,12-/m1/s1. The zero-order valence-electron chi connectivity index (χ0n) is 9.85. The minimum atomic E-state index is -0.186. The number of hydrogen-bond acceptors (Lipinski definition) is 4. The summed E-state index contributed by atoms with van der Waals surface area (Å²) in [5, 5.41) is 12.4. The van der Waals surface area contributed by atoms with E-state index in [1.165, 1.54) is 12.7 Å². The first-order chi connectivity index (χ1) is 8.20. The molecule has 1 saturated heterocycles. The van der Waals surface area contributed by atoms with Crippen LogP contribution in [0.25, 0.3) is 0 Å². The van der Waals surface area contributed by atoms with Crippen molar-refractivity contribution in [1.82, 2.24) is 5.32 Å². The van der Waals surface area contributed by atoms with E-state index in [0.717, 1.165) is 19.4 Å². The summed E-state index contributed by atoms with van der Waals surface area (Å²) in [6.45, 7) is 0.768. The van der Waals surface area contributed by atoms with Gasteiger partial charge in [-0.2, -0.15) is 0 Å². The molecule has 0 aromatic heterocycles. The Labute approximate surface area is 101 Å². The van der Waals surface area contributed by atoms with Crippen LogP contribution in [0.15, 0.2) is 24.3 Å². The molecular weight excluding hydrogens is 218 g/mol. The van der Waals surface area contributed by atoms with Gasteiger partial charge in [-0.1, -0.05) is 12.1 Å². The lowest BCUT2D eigenvalue weighted by Crippen LogP contribution is -2.43. The Hall–Kier alpha value is -1.55. The van der Waals surface area contributed by atoms with E-state index in [9.17, 15) is 9.90 Å². The van der Waals surface area contributed by atoms with E-state index >= 15 is 0 Å². The first-order valence-corrected chi connectivity index (χ1v) is 5.81. The Balaban J connectivity index is 1.95. The van der Waals surface area contributed by atoms with Gasteiger partial charge in [0.2, 0.25) is 0 Å². The topological polar surface area (TPSA) is 58.6 Å².